The molecule has 1 amide bonds. The second-order valence-corrected chi connectivity index (χ2v) is 6.53. The molecule has 0 aromatic carbocycles. The Morgan fingerprint density at radius 1 is 1.35 bits per heavy atom. The van der Waals surface area contributed by atoms with E-state index in [1.165, 1.54) is 11.1 Å². The van der Waals surface area contributed by atoms with Crippen molar-refractivity contribution in [3.8, 4) is 0 Å². The molecule has 2 heterocycles. The summed E-state index contributed by atoms with van der Waals surface area (Å²) in [4.78, 5) is 21.1. The number of β-amino-alcohol motifs (C(OH)–C–C–N with tert-alkyl or cyclic N) is 1. The Bertz CT molecular complexity index is 565. The fourth-order valence-corrected chi connectivity index (χ4v) is 2.90. The zero-order valence-corrected chi connectivity index (χ0v) is 14.2. The van der Waals surface area contributed by atoms with Crippen LogP contribution < -0.4 is 4.90 Å². The fraction of sp³-hybridized carbons (Fsp3) is 0.625. The standard InChI is InChI=1S/C16H25FN4O2/c1-19(2)14-7-18-6-13(17)12(14)9-21-8-11(15(22)10-21)5-16(23)20(3)4/h6-7,11,15,22H,5,8-10H2,1-4H3/t11-,15-/m1/s1. The van der Waals surface area contributed by atoms with Gasteiger partial charge in [0.2, 0.25) is 5.91 Å². The van der Waals surface area contributed by atoms with E-state index < -0.39 is 6.10 Å². The molecule has 1 aliphatic rings. The number of hydrogen-bond acceptors (Lipinski definition) is 5. The number of halogens is 1. The molecular formula is C16H25FN4O2. The monoisotopic (exact) mass is 324 g/mol. The number of nitrogens with zero attached hydrogens (tertiary/aromatic N) is 4. The molecule has 0 unspecified atom stereocenters. The van der Waals surface area contributed by atoms with Gasteiger partial charge >= 0.3 is 0 Å². The van der Waals surface area contributed by atoms with Gasteiger partial charge in [-0.25, -0.2) is 4.39 Å². The summed E-state index contributed by atoms with van der Waals surface area (Å²) in [6.45, 7) is 1.42. The predicted octanol–water partition coefficient (Wildman–Crippen LogP) is 0.558. The second kappa shape index (κ2) is 7.23. The number of pyridine rings is 1. The summed E-state index contributed by atoms with van der Waals surface area (Å²) < 4.78 is 14.1. The van der Waals surface area contributed by atoms with E-state index in [1.807, 2.05) is 23.9 Å². The van der Waals surface area contributed by atoms with Crippen molar-refractivity contribution in [1.82, 2.24) is 14.8 Å². The molecule has 1 aliphatic heterocycles. The van der Waals surface area contributed by atoms with Gasteiger partial charge in [-0.1, -0.05) is 0 Å². The summed E-state index contributed by atoms with van der Waals surface area (Å²) in [5.74, 6) is -0.462. The fourth-order valence-electron chi connectivity index (χ4n) is 2.90. The van der Waals surface area contributed by atoms with Crippen LogP contribution in [0.3, 0.4) is 0 Å². The minimum Gasteiger partial charge on any atom is -0.391 e. The largest absolute Gasteiger partial charge is 0.391 e. The molecule has 1 fully saturated rings. The molecule has 23 heavy (non-hydrogen) atoms. The van der Waals surface area contributed by atoms with Crippen LogP contribution in [0.15, 0.2) is 12.4 Å². The summed E-state index contributed by atoms with van der Waals surface area (Å²) in [5, 5.41) is 10.2. The molecule has 128 valence electrons. The van der Waals surface area contributed by atoms with Crippen molar-refractivity contribution in [3.63, 3.8) is 0 Å². The van der Waals surface area contributed by atoms with Crippen molar-refractivity contribution in [3.05, 3.63) is 23.8 Å². The Hall–Kier alpha value is -1.73. The first-order valence-electron chi connectivity index (χ1n) is 7.69. The summed E-state index contributed by atoms with van der Waals surface area (Å²) in [7, 11) is 7.10. The van der Waals surface area contributed by atoms with Crippen molar-refractivity contribution in [1.29, 1.82) is 0 Å². The SMILES string of the molecule is CN(C)C(=O)C[C@@H]1CN(Cc2c(F)cncc2N(C)C)C[C@H]1O. The van der Waals surface area contributed by atoms with Gasteiger partial charge in [-0.3, -0.25) is 14.7 Å². The average Bonchev–Trinajstić information content (AvgIpc) is 2.80. The highest BCUT2D eigenvalue weighted by molar-refractivity contribution is 5.75. The molecule has 1 aromatic heterocycles. The maximum atomic E-state index is 14.1. The summed E-state index contributed by atoms with van der Waals surface area (Å²) in [5.41, 5.74) is 1.30. The van der Waals surface area contributed by atoms with E-state index in [9.17, 15) is 14.3 Å². The van der Waals surface area contributed by atoms with Gasteiger partial charge in [-0.05, 0) is 0 Å². The summed E-state index contributed by atoms with van der Waals surface area (Å²) >= 11 is 0. The Balaban J connectivity index is 2.07. The van der Waals surface area contributed by atoms with E-state index >= 15 is 0 Å². The van der Waals surface area contributed by atoms with Crippen molar-refractivity contribution in [2.24, 2.45) is 5.92 Å². The maximum Gasteiger partial charge on any atom is 0.222 e. The van der Waals surface area contributed by atoms with E-state index in [0.29, 0.717) is 31.6 Å². The first-order valence-corrected chi connectivity index (χ1v) is 7.69. The number of aromatic nitrogens is 1. The predicted molar refractivity (Wildman–Crippen MR) is 86.6 cm³/mol. The molecule has 0 spiro atoms. The average molecular weight is 324 g/mol. The van der Waals surface area contributed by atoms with Gasteiger partial charge in [-0.2, -0.15) is 0 Å². The molecule has 0 aliphatic carbocycles. The number of likely N-dealkylation sites (tertiary alicyclic amines) is 1. The van der Waals surface area contributed by atoms with Crippen molar-refractivity contribution in [2.75, 3.05) is 46.2 Å². The van der Waals surface area contributed by atoms with Crippen molar-refractivity contribution < 1.29 is 14.3 Å². The lowest BCUT2D eigenvalue weighted by atomic mass is 10.0. The number of aliphatic hydroxyl groups is 1. The number of hydrogen-bond donors (Lipinski definition) is 1. The van der Waals surface area contributed by atoms with Crippen LogP contribution in [0.5, 0.6) is 0 Å². The van der Waals surface area contributed by atoms with Gasteiger partial charge in [0.05, 0.1) is 24.2 Å². The highest BCUT2D eigenvalue weighted by atomic mass is 19.1. The molecule has 6 nitrogen and oxygen atoms in total. The Morgan fingerprint density at radius 3 is 2.65 bits per heavy atom. The van der Waals surface area contributed by atoms with Crippen LogP contribution in [0.1, 0.15) is 12.0 Å². The van der Waals surface area contributed by atoms with Gasteiger partial charge in [-0.15, -0.1) is 0 Å². The highest BCUT2D eigenvalue weighted by Crippen LogP contribution is 2.27. The molecule has 2 rings (SSSR count). The first kappa shape index (κ1) is 17.6. The van der Waals surface area contributed by atoms with Crippen molar-refractivity contribution in [2.45, 2.75) is 19.1 Å². The van der Waals surface area contributed by atoms with Gasteiger partial charge in [0.1, 0.15) is 5.82 Å². The summed E-state index contributed by atoms with van der Waals surface area (Å²) in [6.07, 6.45) is 2.59. The zero-order valence-electron chi connectivity index (χ0n) is 14.2. The van der Waals surface area contributed by atoms with Crippen LogP contribution in [0, 0.1) is 11.7 Å². The van der Waals surface area contributed by atoms with Crippen LogP contribution >= 0.6 is 0 Å². The van der Waals surface area contributed by atoms with Crippen molar-refractivity contribution >= 4 is 11.6 Å². The quantitative estimate of drug-likeness (QED) is 0.857. The molecule has 1 N–H and O–H groups in total. The number of anilines is 1. The topological polar surface area (TPSA) is 59.9 Å². The third kappa shape index (κ3) is 4.17. The number of amides is 1. The maximum absolute atomic E-state index is 14.1. The Kier molecular flexibility index (Phi) is 5.54. The molecule has 0 bridgehead atoms. The first-order chi connectivity index (χ1) is 10.8. The molecule has 2 atom stereocenters. The normalized spacial score (nSPS) is 21.5. The highest BCUT2D eigenvalue weighted by Gasteiger charge is 2.33. The molecule has 0 saturated carbocycles. The van der Waals surface area contributed by atoms with Crippen LogP contribution in [-0.2, 0) is 11.3 Å². The van der Waals surface area contributed by atoms with Gasteiger partial charge in [0.25, 0.3) is 0 Å². The Labute approximate surface area is 136 Å². The lowest BCUT2D eigenvalue weighted by Crippen LogP contribution is -2.28. The van der Waals surface area contributed by atoms with Crippen LogP contribution in [0.4, 0.5) is 10.1 Å². The van der Waals surface area contributed by atoms with Gasteiger partial charge < -0.3 is 14.9 Å². The van der Waals surface area contributed by atoms with Crippen LogP contribution in [0.25, 0.3) is 0 Å². The van der Waals surface area contributed by atoms with E-state index in [0.717, 1.165) is 5.69 Å². The second-order valence-electron chi connectivity index (χ2n) is 6.53. The lowest BCUT2D eigenvalue weighted by Gasteiger charge is -2.22. The molecule has 0 radical (unpaired) electrons. The molecular weight excluding hydrogens is 299 g/mol. The van der Waals surface area contributed by atoms with Gasteiger partial charge in [0, 0.05) is 65.7 Å². The third-order valence-electron chi connectivity index (χ3n) is 4.26. The number of rotatable bonds is 5. The molecule has 1 saturated heterocycles. The minimum atomic E-state index is -0.563. The molecule has 7 heteroatoms. The Morgan fingerprint density at radius 2 is 2.04 bits per heavy atom. The van der Waals surface area contributed by atoms with E-state index in [1.54, 1.807) is 20.3 Å². The molecule has 1 aromatic rings. The van der Waals surface area contributed by atoms with Crippen LogP contribution in [0.2, 0.25) is 0 Å². The summed E-state index contributed by atoms with van der Waals surface area (Å²) in [6, 6.07) is 0. The van der Waals surface area contributed by atoms with E-state index in [-0.39, 0.29) is 17.6 Å². The smallest absolute Gasteiger partial charge is 0.222 e. The van der Waals surface area contributed by atoms with E-state index in [4.69, 9.17) is 0 Å². The van der Waals surface area contributed by atoms with Crippen LogP contribution in [-0.4, -0.2) is 73.2 Å². The third-order valence-corrected chi connectivity index (χ3v) is 4.26. The number of carbonyl (C=O) groups excluding carboxylic acids is 1. The number of aliphatic hydroxyl groups excluding tert-OH is 1. The van der Waals surface area contributed by atoms with Gasteiger partial charge in [0.15, 0.2) is 0 Å². The zero-order chi connectivity index (χ0) is 17.1. The minimum absolute atomic E-state index is 0.0000257. The lowest BCUT2D eigenvalue weighted by molar-refractivity contribution is -0.130. The number of carbonyl (C=O) groups is 1. The van der Waals surface area contributed by atoms with E-state index in [2.05, 4.69) is 4.98 Å².